The zero-order chi connectivity index (χ0) is 10.1. The van der Waals surface area contributed by atoms with Crippen LogP contribution in [0.5, 0.6) is 0 Å². The average Bonchev–Trinajstić information content (AvgIpc) is 2.51. The highest BCUT2D eigenvalue weighted by atomic mass is 16.4. The second-order valence-corrected chi connectivity index (χ2v) is 3.84. The highest BCUT2D eigenvalue weighted by Crippen LogP contribution is 2.33. The predicted octanol–water partition coefficient (Wildman–Crippen LogP) is 1.31. The Kier molecular flexibility index (Phi) is 2.19. The summed E-state index contributed by atoms with van der Waals surface area (Å²) < 4.78 is 0. The van der Waals surface area contributed by atoms with Crippen LogP contribution in [0.1, 0.15) is 12.8 Å². The largest absolute Gasteiger partial charge is 0.481 e. The standard InChI is InChI=1S/C10H14N2O2/c1-12(8-2-3-11-6-8)9-4-7(5-9)10(13)14/h2-3,6-7,9,11H,4-5H2,1H3,(H,13,14). The quantitative estimate of drug-likeness (QED) is 0.762. The van der Waals surface area contributed by atoms with Gasteiger partial charge in [-0.05, 0) is 18.9 Å². The summed E-state index contributed by atoms with van der Waals surface area (Å²) >= 11 is 0. The van der Waals surface area contributed by atoms with Crippen LogP contribution in [0.15, 0.2) is 18.5 Å². The first-order valence-corrected chi connectivity index (χ1v) is 4.77. The van der Waals surface area contributed by atoms with Gasteiger partial charge in [-0.15, -0.1) is 0 Å². The smallest absolute Gasteiger partial charge is 0.306 e. The third-order valence-electron chi connectivity index (χ3n) is 3.00. The number of H-pyrrole nitrogens is 1. The Hall–Kier alpha value is -1.45. The van der Waals surface area contributed by atoms with Crippen molar-refractivity contribution in [3.63, 3.8) is 0 Å². The first-order chi connectivity index (χ1) is 6.68. The average molecular weight is 194 g/mol. The second kappa shape index (κ2) is 3.36. The lowest BCUT2D eigenvalue weighted by Crippen LogP contribution is -2.45. The van der Waals surface area contributed by atoms with Gasteiger partial charge in [0, 0.05) is 25.5 Å². The van der Waals surface area contributed by atoms with Gasteiger partial charge in [0.1, 0.15) is 0 Å². The summed E-state index contributed by atoms with van der Waals surface area (Å²) in [5.41, 5.74) is 1.12. The van der Waals surface area contributed by atoms with Gasteiger partial charge in [0.05, 0.1) is 11.6 Å². The maximum atomic E-state index is 10.6. The monoisotopic (exact) mass is 194 g/mol. The van der Waals surface area contributed by atoms with E-state index in [9.17, 15) is 4.79 Å². The Morgan fingerprint density at radius 3 is 2.86 bits per heavy atom. The zero-order valence-electron chi connectivity index (χ0n) is 8.10. The van der Waals surface area contributed by atoms with Crippen molar-refractivity contribution in [3.05, 3.63) is 18.5 Å². The van der Waals surface area contributed by atoms with E-state index in [1.807, 2.05) is 25.5 Å². The predicted molar refractivity (Wildman–Crippen MR) is 53.3 cm³/mol. The Balaban J connectivity index is 1.91. The van der Waals surface area contributed by atoms with Gasteiger partial charge in [-0.1, -0.05) is 0 Å². The maximum absolute atomic E-state index is 10.6. The van der Waals surface area contributed by atoms with Crippen molar-refractivity contribution in [3.8, 4) is 0 Å². The van der Waals surface area contributed by atoms with E-state index >= 15 is 0 Å². The molecule has 1 aliphatic carbocycles. The van der Waals surface area contributed by atoms with E-state index in [1.54, 1.807) is 0 Å². The molecule has 0 amide bonds. The van der Waals surface area contributed by atoms with Crippen LogP contribution in [-0.4, -0.2) is 29.1 Å². The molecule has 0 saturated heterocycles. The molecule has 2 rings (SSSR count). The van der Waals surface area contributed by atoms with Gasteiger partial charge in [-0.2, -0.15) is 0 Å². The normalized spacial score (nSPS) is 25.5. The molecular formula is C10H14N2O2. The summed E-state index contributed by atoms with van der Waals surface area (Å²) in [7, 11) is 2.01. The molecule has 0 aromatic carbocycles. The van der Waals surface area contributed by atoms with Crippen LogP contribution in [0.4, 0.5) is 5.69 Å². The highest BCUT2D eigenvalue weighted by Gasteiger charge is 2.36. The first kappa shape index (κ1) is 9.12. The van der Waals surface area contributed by atoms with Crippen molar-refractivity contribution in [2.75, 3.05) is 11.9 Å². The molecule has 76 valence electrons. The van der Waals surface area contributed by atoms with Crippen LogP contribution < -0.4 is 4.90 Å². The van der Waals surface area contributed by atoms with E-state index in [-0.39, 0.29) is 5.92 Å². The Morgan fingerprint density at radius 2 is 2.36 bits per heavy atom. The Bertz CT molecular complexity index is 315. The summed E-state index contributed by atoms with van der Waals surface area (Å²) in [4.78, 5) is 15.7. The van der Waals surface area contributed by atoms with Crippen molar-refractivity contribution in [2.24, 2.45) is 5.92 Å². The molecule has 0 unspecified atom stereocenters. The number of nitrogens with one attached hydrogen (secondary N) is 1. The zero-order valence-corrected chi connectivity index (χ0v) is 8.10. The number of anilines is 1. The third-order valence-corrected chi connectivity index (χ3v) is 3.00. The van der Waals surface area contributed by atoms with E-state index in [0.29, 0.717) is 6.04 Å². The molecule has 1 aromatic rings. The topological polar surface area (TPSA) is 56.3 Å². The molecule has 0 aliphatic heterocycles. The van der Waals surface area contributed by atoms with Gasteiger partial charge in [0.2, 0.25) is 0 Å². The van der Waals surface area contributed by atoms with Crippen LogP contribution in [0.25, 0.3) is 0 Å². The van der Waals surface area contributed by atoms with Crippen molar-refractivity contribution < 1.29 is 9.90 Å². The number of carboxylic acid groups (broad SMARTS) is 1. The number of nitrogens with zero attached hydrogens (tertiary/aromatic N) is 1. The van der Waals surface area contributed by atoms with E-state index < -0.39 is 5.97 Å². The fourth-order valence-electron chi connectivity index (χ4n) is 1.85. The van der Waals surface area contributed by atoms with E-state index in [0.717, 1.165) is 18.5 Å². The number of aromatic nitrogens is 1. The minimum atomic E-state index is -0.663. The minimum absolute atomic E-state index is 0.138. The number of rotatable bonds is 3. The second-order valence-electron chi connectivity index (χ2n) is 3.84. The molecule has 1 fully saturated rings. The van der Waals surface area contributed by atoms with Crippen LogP contribution >= 0.6 is 0 Å². The summed E-state index contributed by atoms with van der Waals surface area (Å²) in [5.74, 6) is -0.801. The molecule has 1 aliphatic rings. The number of hydrogen-bond donors (Lipinski definition) is 2. The van der Waals surface area contributed by atoms with E-state index in [2.05, 4.69) is 9.88 Å². The highest BCUT2D eigenvalue weighted by molar-refractivity contribution is 5.71. The summed E-state index contributed by atoms with van der Waals surface area (Å²) in [6.45, 7) is 0. The molecule has 2 N–H and O–H groups in total. The van der Waals surface area contributed by atoms with Gasteiger partial charge in [0.15, 0.2) is 0 Å². The fourth-order valence-corrected chi connectivity index (χ4v) is 1.85. The molecular weight excluding hydrogens is 180 g/mol. The van der Waals surface area contributed by atoms with Gasteiger partial charge < -0.3 is 15.0 Å². The first-order valence-electron chi connectivity index (χ1n) is 4.77. The van der Waals surface area contributed by atoms with Gasteiger partial charge >= 0.3 is 5.97 Å². The number of hydrogen-bond acceptors (Lipinski definition) is 2. The SMILES string of the molecule is CN(c1cc[nH]c1)C1CC(C(=O)O)C1. The molecule has 0 radical (unpaired) electrons. The van der Waals surface area contributed by atoms with Gasteiger partial charge in [0.25, 0.3) is 0 Å². The molecule has 1 aromatic heterocycles. The van der Waals surface area contributed by atoms with Crippen molar-refractivity contribution in [1.82, 2.24) is 4.98 Å². The summed E-state index contributed by atoms with van der Waals surface area (Å²) in [6.07, 6.45) is 5.32. The summed E-state index contributed by atoms with van der Waals surface area (Å²) in [6, 6.07) is 2.38. The summed E-state index contributed by atoms with van der Waals surface area (Å²) in [5, 5.41) is 8.74. The number of aliphatic carboxylic acids is 1. The van der Waals surface area contributed by atoms with Crippen molar-refractivity contribution in [2.45, 2.75) is 18.9 Å². The Labute approximate surface area is 82.5 Å². The van der Waals surface area contributed by atoms with Crippen LogP contribution in [0, 0.1) is 5.92 Å². The number of carboxylic acids is 1. The van der Waals surface area contributed by atoms with Gasteiger partial charge in [-0.25, -0.2) is 0 Å². The fraction of sp³-hybridized carbons (Fsp3) is 0.500. The number of carbonyl (C=O) groups is 1. The molecule has 14 heavy (non-hydrogen) atoms. The third kappa shape index (κ3) is 1.47. The molecule has 0 atom stereocenters. The van der Waals surface area contributed by atoms with Crippen molar-refractivity contribution >= 4 is 11.7 Å². The lowest BCUT2D eigenvalue weighted by Gasteiger charge is -2.39. The van der Waals surface area contributed by atoms with Crippen LogP contribution in [0.3, 0.4) is 0 Å². The maximum Gasteiger partial charge on any atom is 0.306 e. The lowest BCUT2D eigenvalue weighted by atomic mass is 9.79. The minimum Gasteiger partial charge on any atom is -0.481 e. The van der Waals surface area contributed by atoms with E-state index in [1.165, 1.54) is 0 Å². The molecule has 4 nitrogen and oxygen atoms in total. The molecule has 0 spiro atoms. The van der Waals surface area contributed by atoms with Crippen LogP contribution in [-0.2, 0) is 4.79 Å². The molecule has 4 heteroatoms. The molecule has 0 bridgehead atoms. The van der Waals surface area contributed by atoms with Crippen LogP contribution in [0.2, 0.25) is 0 Å². The van der Waals surface area contributed by atoms with E-state index in [4.69, 9.17) is 5.11 Å². The van der Waals surface area contributed by atoms with Crippen molar-refractivity contribution in [1.29, 1.82) is 0 Å². The molecule has 1 saturated carbocycles. The Morgan fingerprint density at radius 1 is 1.64 bits per heavy atom. The lowest BCUT2D eigenvalue weighted by molar-refractivity contribution is -0.145. The number of aromatic amines is 1. The molecule has 1 heterocycles. The van der Waals surface area contributed by atoms with Gasteiger partial charge in [-0.3, -0.25) is 4.79 Å².